The zero-order valence-corrected chi connectivity index (χ0v) is 9.53. The minimum Gasteiger partial charge on any atom is -0.466 e. The van der Waals surface area contributed by atoms with E-state index in [0.717, 1.165) is 10.9 Å². The highest BCUT2D eigenvalue weighted by Gasteiger charge is 2.08. The number of benzene rings is 1. The first-order chi connectivity index (χ1) is 8.20. The molecule has 1 aromatic heterocycles. The second-order valence-electron chi connectivity index (χ2n) is 3.69. The van der Waals surface area contributed by atoms with Crippen molar-refractivity contribution in [3.8, 4) is 0 Å². The average Bonchev–Trinajstić information content (AvgIpc) is 2.29. The lowest BCUT2D eigenvalue weighted by Crippen LogP contribution is -2.12. The van der Waals surface area contributed by atoms with Crippen molar-refractivity contribution in [3.05, 3.63) is 46.2 Å². The van der Waals surface area contributed by atoms with Crippen molar-refractivity contribution in [1.82, 2.24) is 4.98 Å². The fraction of sp³-hybridized carbons (Fsp3) is 0.231. The van der Waals surface area contributed by atoms with Crippen LogP contribution in [0.25, 0.3) is 10.9 Å². The van der Waals surface area contributed by atoms with Gasteiger partial charge >= 0.3 is 5.97 Å². The lowest BCUT2D eigenvalue weighted by Gasteiger charge is -2.05. The Kier molecular flexibility index (Phi) is 3.23. The third-order valence-corrected chi connectivity index (χ3v) is 2.48. The van der Waals surface area contributed by atoms with E-state index in [-0.39, 0.29) is 17.9 Å². The molecule has 4 nitrogen and oxygen atoms in total. The third kappa shape index (κ3) is 2.53. The van der Waals surface area contributed by atoms with Gasteiger partial charge in [0, 0.05) is 17.0 Å². The van der Waals surface area contributed by atoms with Crippen LogP contribution in [0.5, 0.6) is 0 Å². The monoisotopic (exact) mass is 231 g/mol. The van der Waals surface area contributed by atoms with Crippen LogP contribution in [0.2, 0.25) is 0 Å². The molecule has 0 radical (unpaired) electrons. The molecule has 0 unspecified atom stereocenters. The van der Waals surface area contributed by atoms with Crippen molar-refractivity contribution >= 4 is 16.9 Å². The SMILES string of the molecule is CCOC(=O)Cc1cc(=O)[nH]c2ccccc12. The summed E-state index contributed by atoms with van der Waals surface area (Å²) in [6.07, 6.45) is 0.123. The van der Waals surface area contributed by atoms with E-state index in [4.69, 9.17) is 4.74 Å². The fourth-order valence-electron chi connectivity index (χ4n) is 1.79. The molecule has 88 valence electrons. The van der Waals surface area contributed by atoms with E-state index in [0.29, 0.717) is 12.2 Å². The molecule has 0 aliphatic carbocycles. The van der Waals surface area contributed by atoms with Crippen LogP contribution in [-0.2, 0) is 16.0 Å². The van der Waals surface area contributed by atoms with Gasteiger partial charge in [0.05, 0.1) is 13.0 Å². The lowest BCUT2D eigenvalue weighted by atomic mass is 10.1. The van der Waals surface area contributed by atoms with Crippen molar-refractivity contribution in [2.75, 3.05) is 6.61 Å². The Balaban J connectivity index is 2.45. The normalized spacial score (nSPS) is 10.4. The maximum atomic E-state index is 11.4. The van der Waals surface area contributed by atoms with Crippen molar-refractivity contribution in [2.45, 2.75) is 13.3 Å². The molecule has 0 aliphatic rings. The Morgan fingerprint density at radius 1 is 1.35 bits per heavy atom. The second kappa shape index (κ2) is 4.82. The molecule has 17 heavy (non-hydrogen) atoms. The largest absolute Gasteiger partial charge is 0.466 e. The first kappa shape index (κ1) is 11.4. The van der Waals surface area contributed by atoms with E-state index in [9.17, 15) is 9.59 Å². The number of nitrogens with one attached hydrogen (secondary N) is 1. The summed E-state index contributed by atoms with van der Waals surface area (Å²) >= 11 is 0. The van der Waals surface area contributed by atoms with Crippen molar-refractivity contribution < 1.29 is 9.53 Å². The zero-order chi connectivity index (χ0) is 12.3. The lowest BCUT2D eigenvalue weighted by molar-refractivity contribution is -0.142. The zero-order valence-electron chi connectivity index (χ0n) is 9.53. The van der Waals surface area contributed by atoms with Crippen molar-refractivity contribution in [3.63, 3.8) is 0 Å². The van der Waals surface area contributed by atoms with E-state index in [2.05, 4.69) is 4.98 Å². The van der Waals surface area contributed by atoms with Gasteiger partial charge in [-0.3, -0.25) is 9.59 Å². The fourth-order valence-corrected chi connectivity index (χ4v) is 1.79. The van der Waals surface area contributed by atoms with Gasteiger partial charge in [-0.25, -0.2) is 0 Å². The van der Waals surface area contributed by atoms with Crippen LogP contribution in [0.1, 0.15) is 12.5 Å². The molecule has 1 N–H and O–H groups in total. The molecule has 0 spiro atoms. The van der Waals surface area contributed by atoms with Gasteiger partial charge < -0.3 is 9.72 Å². The van der Waals surface area contributed by atoms with E-state index < -0.39 is 0 Å². The number of aromatic amines is 1. The predicted molar refractivity (Wildman–Crippen MR) is 64.9 cm³/mol. The second-order valence-corrected chi connectivity index (χ2v) is 3.69. The van der Waals surface area contributed by atoms with Gasteiger partial charge in [0.1, 0.15) is 0 Å². The molecule has 0 saturated carbocycles. The Hall–Kier alpha value is -2.10. The summed E-state index contributed by atoms with van der Waals surface area (Å²) in [4.78, 5) is 25.6. The molecular weight excluding hydrogens is 218 g/mol. The van der Waals surface area contributed by atoms with Crippen LogP contribution in [0.15, 0.2) is 35.1 Å². The van der Waals surface area contributed by atoms with E-state index in [1.54, 1.807) is 6.92 Å². The number of carbonyl (C=O) groups excluding carboxylic acids is 1. The number of hydrogen-bond acceptors (Lipinski definition) is 3. The van der Waals surface area contributed by atoms with Crippen LogP contribution in [0, 0.1) is 0 Å². The molecule has 1 heterocycles. The molecule has 0 saturated heterocycles. The molecule has 0 atom stereocenters. The summed E-state index contributed by atoms with van der Waals surface area (Å²) in [5.41, 5.74) is 1.23. The maximum absolute atomic E-state index is 11.4. The summed E-state index contributed by atoms with van der Waals surface area (Å²) in [7, 11) is 0. The topological polar surface area (TPSA) is 59.2 Å². The van der Waals surface area contributed by atoms with E-state index in [1.807, 2.05) is 24.3 Å². The number of aromatic nitrogens is 1. The molecular formula is C13H13NO3. The number of esters is 1. The highest BCUT2D eigenvalue weighted by molar-refractivity contribution is 5.86. The van der Waals surface area contributed by atoms with Crippen molar-refractivity contribution in [1.29, 1.82) is 0 Å². The standard InChI is InChI=1S/C13H13NO3/c1-2-17-13(16)8-9-7-12(15)14-11-6-4-3-5-10(9)11/h3-7H,2,8H2,1H3,(H,14,15). The van der Waals surface area contributed by atoms with Gasteiger partial charge in [0.15, 0.2) is 0 Å². The molecule has 0 bridgehead atoms. The number of para-hydroxylation sites is 1. The molecule has 1 aromatic carbocycles. The van der Waals surface area contributed by atoms with E-state index >= 15 is 0 Å². The van der Waals surface area contributed by atoms with Crippen LogP contribution in [0.3, 0.4) is 0 Å². The quantitative estimate of drug-likeness (QED) is 0.817. The van der Waals surface area contributed by atoms with Crippen LogP contribution >= 0.6 is 0 Å². The molecule has 0 fully saturated rings. The molecule has 0 aliphatic heterocycles. The number of ether oxygens (including phenoxy) is 1. The Bertz CT molecular complexity index is 601. The van der Waals surface area contributed by atoms with Gasteiger partial charge in [-0.1, -0.05) is 18.2 Å². The van der Waals surface area contributed by atoms with Crippen LogP contribution in [0.4, 0.5) is 0 Å². The Morgan fingerprint density at radius 2 is 2.12 bits per heavy atom. The summed E-state index contributed by atoms with van der Waals surface area (Å²) in [5.74, 6) is -0.316. The Labute approximate surface area is 98.2 Å². The van der Waals surface area contributed by atoms with Crippen LogP contribution in [-0.4, -0.2) is 17.6 Å². The predicted octanol–water partition coefficient (Wildman–Crippen LogP) is 1.63. The minimum absolute atomic E-state index is 0.123. The van der Waals surface area contributed by atoms with Gasteiger partial charge in [-0.05, 0) is 18.6 Å². The smallest absolute Gasteiger partial charge is 0.310 e. The molecule has 2 rings (SSSR count). The summed E-state index contributed by atoms with van der Waals surface area (Å²) in [5, 5.41) is 0.875. The molecule has 2 aromatic rings. The van der Waals surface area contributed by atoms with Gasteiger partial charge in [-0.15, -0.1) is 0 Å². The summed E-state index contributed by atoms with van der Waals surface area (Å²) in [6.45, 7) is 2.10. The highest BCUT2D eigenvalue weighted by Crippen LogP contribution is 2.15. The molecule has 4 heteroatoms. The summed E-state index contributed by atoms with van der Waals surface area (Å²) < 4.78 is 4.88. The van der Waals surface area contributed by atoms with Gasteiger partial charge in [0.2, 0.25) is 5.56 Å². The van der Waals surface area contributed by atoms with Crippen LogP contribution < -0.4 is 5.56 Å². The maximum Gasteiger partial charge on any atom is 0.310 e. The average molecular weight is 231 g/mol. The van der Waals surface area contributed by atoms with Crippen molar-refractivity contribution in [2.24, 2.45) is 0 Å². The third-order valence-electron chi connectivity index (χ3n) is 2.48. The first-order valence-electron chi connectivity index (χ1n) is 5.47. The summed E-state index contributed by atoms with van der Waals surface area (Å²) in [6, 6.07) is 8.84. The molecule has 0 amide bonds. The minimum atomic E-state index is -0.316. The van der Waals surface area contributed by atoms with E-state index in [1.165, 1.54) is 6.07 Å². The number of rotatable bonds is 3. The number of pyridine rings is 1. The first-order valence-corrected chi connectivity index (χ1v) is 5.47. The van der Waals surface area contributed by atoms with Gasteiger partial charge in [0.25, 0.3) is 0 Å². The number of hydrogen-bond donors (Lipinski definition) is 1. The number of fused-ring (bicyclic) bond motifs is 1. The Morgan fingerprint density at radius 3 is 2.88 bits per heavy atom. The number of carbonyl (C=O) groups is 1. The van der Waals surface area contributed by atoms with Gasteiger partial charge in [-0.2, -0.15) is 0 Å². The highest BCUT2D eigenvalue weighted by atomic mass is 16.5. The number of H-pyrrole nitrogens is 1.